The topological polar surface area (TPSA) is 81.1 Å². The van der Waals surface area contributed by atoms with Crippen molar-refractivity contribution < 1.29 is 9.32 Å². The number of carbonyl (C=O) groups excluding carboxylic acids is 1. The molecule has 3 N–H and O–H groups in total. The molecule has 1 aliphatic carbocycles. The van der Waals surface area contributed by atoms with E-state index in [1.165, 1.54) is 0 Å². The van der Waals surface area contributed by atoms with E-state index in [1.807, 2.05) is 30.3 Å². The fraction of sp³-hybridized carbons (Fsp3) is 0.231. The van der Waals surface area contributed by atoms with Crippen molar-refractivity contribution in [3.05, 3.63) is 41.7 Å². The molecule has 1 amide bonds. The van der Waals surface area contributed by atoms with Gasteiger partial charge in [0.15, 0.2) is 5.76 Å². The molecule has 0 bridgehead atoms. The number of amides is 1. The van der Waals surface area contributed by atoms with Crippen molar-refractivity contribution in [2.45, 2.75) is 18.8 Å². The molecule has 18 heavy (non-hydrogen) atoms. The molecule has 1 fully saturated rings. The van der Waals surface area contributed by atoms with Crippen LogP contribution in [0.3, 0.4) is 0 Å². The van der Waals surface area contributed by atoms with Crippen LogP contribution in [0.1, 0.15) is 34.9 Å². The molecule has 5 nitrogen and oxygen atoms in total. The minimum absolute atomic E-state index is 0.308. The van der Waals surface area contributed by atoms with Gasteiger partial charge in [-0.15, -0.1) is 0 Å². The first kappa shape index (κ1) is 11.0. The Balaban J connectivity index is 2.12. The third kappa shape index (κ3) is 1.78. The quantitative estimate of drug-likeness (QED) is 0.489. The molecular weight excluding hydrogens is 230 g/mol. The summed E-state index contributed by atoms with van der Waals surface area (Å²) in [7, 11) is 0. The first-order chi connectivity index (χ1) is 8.81. The lowest BCUT2D eigenvalue weighted by Gasteiger charge is -2.01. The molecule has 3 rings (SSSR count). The first-order valence-corrected chi connectivity index (χ1v) is 5.87. The average molecular weight is 243 g/mol. The highest BCUT2D eigenvalue weighted by molar-refractivity contribution is 6.00. The number of hydrogen-bond acceptors (Lipinski definition) is 4. The summed E-state index contributed by atoms with van der Waals surface area (Å²) >= 11 is 0. The second kappa shape index (κ2) is 4.27. The van der Waals surface area contributed by atoms with Crippen LogP contribution in [0, 0.1) is 0 Å². The Kier molecular flexibility index (Phi) is 2.60. The number of hydrogen-bond donors (Lipinski definition) is 2. The second-order valence-corrected chi connectivity index (χ2v) is 4.38. The van der Waals surface area contributed by atoms with E-state index >= 15 is 0 Å². The predicted molar refractivity (Wildman–Crippen MR) is 65.6 cm³/mol. The number of nitrogens with one attached hydrogen (secondary N) is 1. The number of hydrazine groups is 1. The summed E-state index contributed by atoms with van der Waals surface area (Å²) < 4.78 is 5.33. The van der Waals surface area contributed by atoms with E-state index in [-0.39, 0.29) is 5.91 Å². The van der Waals surface area contributed by atoms with Gasteiger partial charge in [-0.05, 0) is 12.8 Å². The largest absolute Gasteiger partial charge is 0.360 e. The van der Waals surface area contributed by atoms with E-state index in [9.17, 15) is 4.79 Å². The van der Waals surface area contributed by atoms with Crippen molar-refractivity contribution in [2.24, 2.45) is 5.84 Å². The predicted octanol–water partition coefficient (Wildman–Crippen LogP) is 1.82. The zero-order valence-electron chi connectivity index (χ0n) is 9.72. The highest BCUT2D eigenvalue weighted by Crippen LogP contribution is 2.43. The maximum Gasteiger partial charge on any atom is 0.271 e. The smallest absolute Gasteiger partial charge is 0.271 e. The second-order valence-electron chi connectivity index (χ2n) is 4.38. The summed E-state index contributed by atoms with van der Waals surface area (Å²) in [6.45, 7) is 0. The van der Waals surface area contributed by atoms with Gasteiger partial charge in [-0.3, -0.25) is 10.2 Å². The lowest BCUT2D eigenvalue weighted by Crippen LogP contribution is -2.30. The van der Waals surface area contributed by atoms with Gasteiger partial charge in [-0.2, -0.15) is 0 Å². The van der Waals surface area contributed by atoms with Gasteiger partial charge in [-0.1, -0.05) is 35.5 Å². The Morgan fingerprint density at radius 1 is 1.33 bits per heavy atom. The Morgan fingerprint density at radius 3 is 2.67 bits per heavy atom. The monoisotopic (exact) mass is 243 g/mol. The number of rotatable bonds is 3. The van der Waals surface area contributed by atoms with Crippen molar-refractivity contribution in [2.75, 3.05) is 0 Å². The van der Waals surface area contributed by atoms with Gasteiger partial charge in [-0.25, -0.2) is 5.84 Å². The Labute approximate surface area is 104 Å². The number of nitrogens with zero attached hydrogens (tertiary/aromatic N) is 1. The highest BCUT2D eigenvalue weighted by atomic mass is 16.5. The maximum atomic E-state index is 11.9. The molecule has 0 spiro atoms. The zero-order valence-corrected chi connectivity index (χ0v) is 9.72. The summed E-state index contributed by atoms with van der Waals surface area (Å²) in [5, 5.41) is 4.03. The van der Waals surface area contributed by atoms with Crippen molar-refractivity contribution in [3.8, 4) is 11.3 Å². The highest BCUT2D eigenvalue weighted by Gasteiger charge is 2.35. The fourth-order valence-corrected chi connectivity index (χ4v) is 2.01. The van der Waals surface area contributed by atoms with Gasteiger partial charge >= 0.3 is 0 Å². The molecule has 1 aromatic heterocycles. The summed E-state index contributed by atoms with van der Waals surface area (Å²) in [6, 6.07) is 9.48. The minimum Gasteiger partial charge on any atom is -0.360 e. The molecule has 0 aliphatic heterocycles. The zero-order chi connectivity index (χ0) is 12.5. The lowest BCUT2D eigenvalue weighted by atomic mass is 10.0. The van der Waals surface area contributed by atoms with E-state index in [1.54, 1.807) is 0 Å². The first-order valence-electron chi connectivity index (χ1n) is 5.87. The van der Waals surface area contributed by atoms with E-state index in [4.69, 9.17) is 10.4 Å². The van der Waals surface area contributed by atoms with Crippen LogP contribution in [-0.2, 0) is 0 Å². The maximum absolute atomic E-state index is 11.9. The van der Waals surface area contributed by atoms with Crippen LogP contribution in [0.25, 0.3) is 11.3 Å². The molecule has 1 saturated carbocycles. The van der Waals surface area contributed by atoms with E-state index < -0.39 is 0 Å². The molecular formula is C13H13N3O2. The third-order valence-electron chi connectivity index (χ3n) is 3.07. The Hall–Kier alpha value is -2.14. The van der Waals surface area contributed by atoms with Crippen LogP contribution >= 0.6 is 0 Å². The molecule has 5 heteroatoms. The van der Waals surface area contributed by atoms with Crippen molar-refractivity contribution in [1.82, 2.24) is 10.6 Å². The van der Waals surface area contributed by atoms with E-state index in [0.717, 1.165) is 18.4 Å². The van der Waals surface area contributed by atoms with Crippen molar-refractivity contribution in [1.29, 1.82) is 0 Å². The molecule has 2 aromatic rings. The standard InChI is InChI=1S/C13H13N3O2/c14-15-13(17)10-11(8-4-2-1-3-5-8)16-18-12(10)9-6-7-9/h1-5,9H,6-7,14H2,(H,15,17). The molecule has 1 aromatic carbocycles. The van der Waals surface area contributed by atoms with Gasteiger partial charge < -0.3 is 4.52 Å². The summed E-state index contributed by atoms with van der Waals surface area (Å²) in [5.41, 5.74) is 4.04. The minimum atomic E-state index is -0.350. The summed E-state index contributed by atoms with van der Waals surface area (Å²) in [6.07, 6.45) is 2.07. The van der Waals surface area contributed by atoms with Crippen LogP contribution in [0.4, 0.5) is 0 Å². The molecule has 0 radical (unpaired) electrons. The van der Waals surface area contributed by atoms with Crippen LogP contribution < -0.4 is 11.3 Å². The van der Waals surface area contributed by atoms with Gasteiger partial charge in [0.25, 0.3) is 5.91 Å². The van der Waals surface area contributed by atoms with Gasteiger partial charge in [0.1, 0.15) is 11.3 Å². The lowest BCUT2D eigenvalue weighted by molar-refractivity contribution is 0.0952. The van der Waals surface area contributed by atoms with E-state index in [0.29, 0.717) is 22.9 Å². The van der Waals surface area contributed by atoms with Gasteiger partial charge in [0, 0.05) is 11.5 Å². The Bertz CT molecular complexity index is 573. The molecule has 1 heterocycles. The third-order valence-corrected chi connectivity index (χ3v) is 3.07. The molecule has 0 saturated heterocycles. The van der Waals surface area contributed by atoms with E-state index in [2.05, 4.69) is 10.6 Å². The SMILES string of the molecule is NNC(=O)c1c(-c2ccccc2)noc1C1CC1. The van der Waals surface area contributed by atoms with Gasteiger partial charge in [0.2, 0.25) is 0 Å². The molecule has 0 atom stereocenters. The average Bonchev–Trinajstić information content (AvgIpc) is 3.17. The fourth-order valence-electron chi connectivity index (χ4n) is 2.01. The molecule has 0 unspecified atom stereocenters. The molecule has 1 aliphatic rings. The van der Waals surface area contributed by atoms with Crippen molar-refractivity contribution in [3.63, 3.8) is 0 Å². The normalized spacial score (nSPS) is 14.5. The van der Waals surface area contributed by atoms with Crippen LogP contribution in [-0.4, -0.2) is 11.1 Å². The molecule has 92 valence electrons. The number of aromatic nitrogens is 1. The number of nitrogens with two attached hydrogens (primary N) is 1. The summed E-state index contributed by atoms with van der Waals surface area (Å²) in [4.78, 5) is 11.9. The van der Waals surface area contributed by atoms with Gasteiger partial charge in [0.05, 0.1) is 0 Å². The summed E-state index contributed by atoms with van der Waals surface area (Å²) in [5.74, 6) is 5.84. The van der Waals surface area contributed by atoms with Crippen LogP contribution in [0.15, 0.2) is 34.9 Å². The van der Waals surface area contributed by atoms with Crippen LogP contribution in [0.2, 0.25) is 0 Å². The number of nitrogen functional groups attached to an aromatic ring is 1. The van der Waals surface area contributed by atoms with Crippen LogP contribution in [0.5, 0.6) is 0 Å². The number of benzene rings is 1. The number of carbonyl (C=O) groups is 1. The Morgan fingerprint density at radius 2 is 2.06 bits per heavy atom. The van der Waals surface area contributed by atoms with Crippen molar-refractivity contribution >= 4 is 5.91 Å².